The molecule has 0 radical (unpaired) electrons. The van der Waals surface area contributed by atoms with Crippen LogP contribution in [0.2, 0.25) is 0 Å². The van der Waals surface area contributed by atoms with Crippen LogP contribution in [-0.4, -0.2) is 71.7 Å². The molecule has 2 aliphatic rings. The highest BCUT2D eigenvalue weighted by Gasteiger charge is 2.28. The van der Waals surface area contributed by atoms with Gasteiger partial charge in [-0.05, 0) is 49.9 Å². The van der Waals surface area contributed by atoms with E-state index in [2.05, 4.69) is 10.6 Å². The maximum absolute atomic E-state index is 13.0. The summed E-state index contributed by atoms with van der Waals surface area (Å²) in [4.78, 5) is 51.6. The van der Waals surface area contributed by atoms with Gasteiger partial charge in [-0.1, -0.05) is 39.8 Å². The summed E-state index contributed by atoms with van der Waals surface area (Å²) >= 11 is 0. The molecule has 0 unspecified atom stereocenters. The number of primary amides is 2. The Morgan fingerprint density at radius 3 is 1.36 bits per heavy atom. The van der Waals surface area contributed by atoms with Crippen LogP contribution >= 0.6 is 0 Å². The van der Waals surface area contributed by atoms with Crippen LogP contribution in [0.3, 0.4) is 0 Å². The summed E-state index contributed by atoms with van der Waals surface area (Å²) in [5.74, 6) is -0.924. The fourth-order valence-electron chi connectivity index (χ4n) is 4.02. The number of hydrogen-bond acceptors (Lipinski definition) is 6. The van der Waals surface area contributed by atoms with Gasteiger partial charge in [0.05, 0.1) is 12.1 Å². The second-order valence-electron chi connectivity index (χ2n) is 9.72. The molecule has 0 spiro atoms. The quantitative estimate of drug-likeness (QED) is 0.271. The monoisotopic (exact) mass is 500 g/mol. The number of nitrogens with zero attached hydrogens (tertiary/aromatic N) is 2. The standard InChI is InChI=1S/C26H40N6O4/c1-17(2)21(25(35)31-13-7-19(8-14-31)23(27)33)29-11-5-6-12-30-22(18(3)4)26(36)32-15-9-20(10-16-32)24(28)34/h7-10,13,15,17-18,21-22,29-30H,5-6,11-12,14,16H2,1-4H3,(H2,27,33)(H2,28,34)/t21-,22-/m0/s1. The van der Waals surface area contributed by atoms with E-state index >= 15 is 0 Å². The Bertz CT molecular complexity index is 874. The molecule has 0 saturated carbocycles. The van der Waals surface area contributed by atoms with Crippen molar-refractivity contribution < 1.29 is 19.2 Å². The number of nitrogens with two attached hydrogens (primary N) is 2. The normalized spacial score (nSPS) is 17.2. The Balaban J connectivity index is 1.77. The van der Waals surface area contributed by atoms with E-state index in [-0.39, 0.29) is 35.7 Å². The lowest BCUT2D eigenvalue weighted by atomic mass is 10.0. The van der Waals surface area contributed by atoms with Gasteiger partial charge >= 0.3 is 0 Å². The van der Waals surface area contributed by atoms with Crippen molar-refractivity contribution in [1.29, 1.82) is 0 Å². The average molecular weight is 501 g/mol. The van der Waals surface area contributed by atoms with E-state index in [1.165, 1.54) is 0 Å². The first-order chi connectivity index (χ1) is 17.0. The van der Waals surface area contributed by atoms with Crippen LogP contribution in [-0.2, 0) is 19.2 Å². The molecule has 2 aliphatic heterocycles. The smallest absolute Gasteiger partial charge is 0.248 e. The maximum Gasteiger partial charge on any atom is 0.248 e. The first-order valence-corrected chi connectivity index (χ1v) is 12.5. The van der Waals surface area contributed by atoms with E-state index in [9.17, 15) is 19.2 Å². The summed E-state index contributed by atoms with van der Waals surface area (Å²) in [5, 5.41) is 6.71. The van der Waals surface area contributed by atoms with E-state index in [1.807, 2.05) is 27.7 Å². The van der Waals surface area contributed by atoms with Gasteiger partial charge in [0, 0.05) is 36.6 Å². The molecular weight excluding hydrogens is 460 g/mol. The molecule has 10 nitrogen and oxygen atoms in total. The van der Waals surface area contributed by atoms with Crippen LogP contribution in [0.15, 0.2) is 47.9 Å². The van der Waals surface area contributed by atoms with E-state index in [0.29, 0.717) is 37.3 Å². The predicted octanol–water partition coefficient (Wildman–Crippen LogP) is 0.530. The summed E-state index contributed by atoms with van der Waals surface area (Å²) in [6.45, 7) is 9.92. The molecule has 2 atom stereocenters. The van der Waals surface area contributed by atoms with Gasteiger partial charge in [-0.15, -0.1) is 0 Å². The molecule has 0 aromatic carbocycles. The fourth-order valence-corrected chi connectivity index (χ4v) is 4.02. The molecule has 0 bridgehead atoms. The number of carbonyl (C=O) groups is 4. The first kappa shape index (κ1) is 29.0. The third kappa shape index (κ3) is 8.17. The van der Waals surface area contributed by atoms with E-state index in [0.717, 1.165) is 12.8 Å². The summed E-state index contributed by atoms with van der Waals surface area (Å²) < 4.78 is 0. The summed E-state index contributed by atoms with van der Waals surface area (Å²) in [6.07, 6.45) is 11.3. The van der Waals surface area contributed by atoms with Gasteiger partial charge in [0.1, 0.15) is 0 Å². The topological polar surface area (TPSA) is 151 Å². The van der Waals surface area contributed by atoms with Gasteiger partial charge in [-0.2, -0.15) is 0 Å². The zero-order valence-electron chi connectivity index (χ0n) is 21.7. The second-order valence-corrected chi connectivity index (χ2v) is 9.72. The van der Waals surface area contributed by atoms with Gasteiger partial charge in [-0.25, -0.2) is 0 Å². The van der Waals surface area contributed by atoms with E-state index < -0.39 is 11.8 Å². The van der Waals surface area contributed by atoms with Crippen LogP contribution in [0.1, 0.15) is 40.5 Å². The molecule has 2 rings (SSSR count). The zero-order chi connectivity index (χ0) is 26.8. The van der Waals surface area contributed by atoms with E-state index in [1.54, 1.807) is 46.5 Å². The molecule has 198 valence electrons. The lowest BCUT2D eigenvalue weighted by Crippen LogP contribution is -2.49. The van der Waals surface area contributed by atoms with Gasteiger partial charge in [0.2, 0.25) is 23.6 Å². The van der Waals surface area contributed by atoms with Crippen LogP contribution in [0, 0.1) is 11.8 Å². The highest BCUT2D eigenvalue weighted by atomic mass is 16.2. The van der Waals surface area contributed by atoms with E-state index in [4.69, 9.17) is 11.5 Å². The third-order valence-electron chi connectivity index (χ3n) is 6.22. The van der Waals surface area contributed by atoms with Crippen molar-refractivity contribution in [2.45, 2.75) is 52.6 Å². The molecule has 0 aliphatic carbocycles. The maximum atomic E-state index is 13.0. The first-order valence-electron chi connectivity index (χ1n) is 12.5. The second kappa shape index (κ2) is 13.7. The molecule has 0 fully saturated rings. The SMILES string of the molecule is CC(C)[C@H](NCCCCN[C@H](C(=O)N1C=CC(C(N)=O)=CC1)C(C)C)C(=O)N1C=CC(C(N)=O)=CC1. The molecule has 0 aromatic rings. The minimum absolute atomic E-state index is 0.0484. The van der Waals surface area contributed by atoms with Crippen molar-refractivity contribution in [3.8, 4) is 0 Å². The number of rotatable bonds is 13. The minimum Gasteiger partial charge on any atom is -0.366 e. The Morgan fingerprint density at radius 1 is 0.750 bits per heavy atom. The number of nitrogens with one attached hydrogen (secondary N) is 2. The lowest BCUT2D eigenvalue weighted by molar-refractivity contribution is -0.132. The molecular formula is C26H40N6O4. The van der Waals surface area contributed by atoms with Gasteiger partial charge in [0.15, 0.2) is 0 Å². The highest BCUT2D eigenvalue weighted by molar-refractivity contribution is 5.96. The van der Waals surface area contributed by atoms with Gasteiger partial charge in [0.25, 0.3) is 0 Å². The molecule has 0 aromatic heterocycles. The average Bonchev–Trinajstić information content (AvgIpc) is 2.84. The Kier molecular flexibility index (Phi) is 11.1. The largest absolute Gasteiger partial charge is 0.366 e. The molecule has 4 amide bonds. The minimum atomic E-state index is -0.506. The van der Waals surface area contributed by atoms with Gasteiger partial charge in [-0.3, -0.25) is 19.2 Å². The van der Waals surface area contributed by atoms with Crippen LogP contribution in [0.4, 0.5) is 0 Å². The van der Waals surface area contributed by atoms with Crippen LogP contribution in [0.25, 0.3) is 0 Å². The van der Waals surface area contributed by atoms with Crippen molar-refractivity contribution in [3.63, 3.8) is 0 Å². The number of amides is 4. The summed E-state index contributed by atoms with van der Waals surface area (Å²) in [5.41, 5.74) is 11.4. The Labute approximate surface area is 213 Å². The molecule has 0 saturated heterocycles. The summed E-state index contributed by atoms with van der Waals surface area (Å²) in [6, 6.07) is -0.694. The van der Waals surface area contributed by atoms with Crippen molar-refractivity contribution in [2.24, 2.45) is 23.3 Å². The third-order valence-corrected chi connectivity index (χ3v) is 6.22. The molecule has 6 N–H and O–H groups in total. The number of unbranched alkanes of at least 4 members (excludes halogenated alkanes) is 1. The van der Waals surface area contributed by atoms with Crippen LogP contribution < -0.4 is 22.1 Å². The van der Waals surface area contributed by atoms with Crippen LogP contribution in [0.5, 0.6) is 0 Å². The molecule has 36 heavy (non-hydrogen) atoms. The Morgan fingerprint density at radius 2 is 1.11 bits per heavy atom. The predicted molar refractivity (Wildman–Crippen MR) is 139 cm³/mol. The number of carbonyl (C=O) groups excluding carboxylic acids is 4. The zero-order valence-corrected chi connectivity index (χ0v) is 21.7. The lowest BCUT2D eigenvalue weighted by Gasteiger charge is -2.29. The molecule has 10 heteroatoms. The Hall–Kier alpha value is -3.24. The van der Waals surface area contributed by atoms with Crippen molar-refractivity contribution >= 4 is 23.6 Å². The van der Waals surface area contributed by atoms with Crippen molar-refractivity contribution in [2.75, 3.05) is 26.2 Å². The fraction of sp³-hybridized carbons (Fsp3) is 0.538. The van der Waals surface area contributed by atoms with Gasteiger partial charge < -0.3 is 31.9 Å². The number of hydrogen-bond donors (Lipinski definition) is 4. The highest BCUT2D eigenvalue weighted by Crippen LogP contribution is 2.14. The van der Waals surface area contributed by atoms with Crippen molar-refractivity contribution in [1.82, 2.24) is 20.4 Å². The summed E-state index contributed by atoms with van der Waals surface area (Å²) in [7, 11) is 0. The molecule has 2 heterocycles. The van der Waals surface area contributed by atoms with Crippen molar-refractivity contribution in [3.05, 3.63) is 47.9 Å².